The van der Waals surface area contributed by atoms with E-state index in [1.54, 1.807) is 48.0 Å². The van der Waals surface area contributed by atoms with Crippen molar-refractivity contribution in [1.82, 2.24) is 9.55 Å². The van der Waals surface area contributed by atoms with Crippen LogP contribution in [0.2, 0.25) is 0 Å². The average Bonchev–Trinajstić information content (AvgIpc) is 3.01. The second kappa shape index (κ2) is 5.22. The molecule has 0 radical (unpaired) electrons. The number of hydrogen-bond acceptors (Lipinski definition) is 4. The van der Waals surface area contributed by atoms with Crippen LogP contribution < -0.4 is 5.56 Å². The fourth-order valence-electron chi connectivity index (χ4n) is 1.93. The van der Waals surface area contributed by atoms with Gasteiger partial charge < -0.3 is 0 Å². The minimum Gasteiger partial charge on any atom is -0.287 e. The first-order valence-electron chi connectivity index (χ1n) is 5.98. The van der Waals surface area contributed by atoms with Crippen LogP contribution in [0.3, 0.4) is 0 Å². The predicted molar refractivity (Wildman–Crippen MR) is 77.6 cm³/mol. The van der Waals surface area contributed by atoms with Crippen LogP contribution in [0.5, 0.6) is 0 Å². The molecule has 0 aliphatic carbocycles. The molecule has 0 N–H and O–H groups in total. The van der Waals surface area contributed by atoms with Crippen LogP contribution >= 0.6 is 11.3 Å². The summed E-state index contributed by atoms with van der Waals surface area (Å²) in [6.07, 6.45) is 1.59. The molecule has 98 valence electrons. The fraction of sp³-hybridized carbons (Fsp3) is 0. The van der Waals surface area contributed by atoms with Crippen molar-refractivity contribution in [2.75, 3.05) is 0 Å². The zero-order valence-electron chi connectivity index (χ0n) is 10.4. The van der Waals surface area contributed by atoms with Gasteiger partial charge in [0, 0.05) is 23.2 Å². The Labute approximate surface area is 119 Å². The summed E-state index contributed by atoms with van der Waals surface area (Å²) in [5, 5.41) is 3.60. The van der Waals surface area contributed by atoms with Gasteiger partial charge in [-0.25, -0.2) is 4.98 Å². The van der Waals surface area contributed by atoms with E-state index in [-0.39, 0.29) is 11.3 Å². The van der Waals surface area contributed by atoms with Crippen LogP contribution in [0.4, 0.5) is 0 Å². The third-order valence-electron chi connectivity index (χ3n) is 2.85. The van der Waals surface area contributed by atoms with Gasteiger partial charge in [-0.1, -0.05) is 12.1 Å². The third-order valence-corrected chi connectivity index (χ3v) is 3.53. The Morgan fingerprint density at radius 2 is 2.00 bits per heavy atom. The highest BCUT2D eigenvalue weighted by Crippen LogP contribution is 2.14. The molecule has 3 aromatic heterocycles. The van der Waals surface area contributed by atoms with E-state index in [2.05, 4.69) is 4.98 Å². The summed E-state index contributed by atoms with van der Waals surface area (Å²) >= 11 is 1.44. The molecule has 5 heteroatoms. The highest BCUT2D eigenvalue weighted by atomic mass is 32.1. The molecule has 0 saturated carbocycles. The van der Waals surface area contributed by atoms with Crippen LogP contribution in [0.15, 0.2) is 64.2 Å². The van der Waals surface area contributed by atoms with Crippen LogP contribution in [0.25, 0.3) is 5.82 Å². The van der Waals surface area contributed by atoms with Crippen LogP contribution in [-0.4, -0.2) is 15.3 Å². The van der Waals surface area contributed by atoms with Gasteiger partial charge in [0.25, 0.3) is 5.56 Å². The number of hydrogen-bond donors (Lipinski definition) is 0. The molecule has 4 nitrogen and oxygen atoms in total. The first kappa shape index (κ1) is 12.5. The lowest BCUT2D eigenvalue weighted by molar-refractivity contribution is 0.103. The van der Waals surface area contributed by atoms with E-state index in [0.717, 1.165) is 0 Å². The van der Waals surface area contributed by atoms with Crippen molar-refractivity contribution < 1.29 is 4.79 Å². The molecule has 0 bridgehead atoms. The van der Waals surface area contributed by atoms with Crippen molar-refractivity contribution >= 4 is 17.1 Å². The molecule has 0 aliphatic rings. The van der Waals surface area contributed by atoms with E-state index in [9.17, 15) is 9.59 Å². The molecule has 0 aliphatic heterocycles. The summed E-state index contributed by atoms with van der Waals surface area (Å²) in [6, 6.07) is 11.6. The Balaban J connectivity index is 2.20. The number of carbonyl (C=O) groups excluding carboxylic acids is 1. The minimum atomic E-state index is -0.273. The maximum absolute atomic E-state index is 12.5. The van der Waals surface area contributed by atoms with E-state index in [1.165, 1.54) is 22.0 Å². The minimum absolute atomic E-state index is 0.186. The van der Waals surface area contributed by atoms with Gasteiger partial charge in [0.15, 0.2) is 0 Å². The van der Waals surface area contributed by atoms with E-state index in [4.69, 9.17) is 0 Å². The molecule has 0 atom stereocenters. The Hall–Kier alpha value is -2.53. The predicted octanol–water partition coefficient (Wildman–Crippen LogP) is 2.53. The number of pyridine rings is 2. The number of carbonyl (C=O) groups is 1. The number of aromatic nitrogens is 2. The zero-order chi connectivity index (χ0) is 13.9. The van der Waals surface area contributed by atoms with Gasteiger partial charge in [0.2, 0.25) is 5.78 Å². The molecule has 0 saturated heterocycles. The number of rotatable bonds is 3. The van der Waals surface area contributed by atoms with Crippen molar-refractivity contribution in [1.29, 1.82) is 0 Å². The molecule has 0 fully saturated rings. The Morgan fingerprint density at radius 1 is 1.10 bits per heavy atom. The molecular weight excluding hydrogens is 272 g/mol. The largest absolute Gasteiger partial charge is 0.287 e. The Morgan fingerprint density at radius 3 is 2.70 bits per heavy atom. The van der Waals surface area contributed by atoms with E-state index in [1.807, 2.05) is 5.38 Å². The van der Waals surface area contributed by atoms with E-state index in [0.29, 0.717) is 17.1 Å². The van der Waals surface area contributed by atoms with Gasteiger partial charge in [-0.2, -0.15) is 11.3 Å². The van der Waals surface area contributed by atoms with Gasteiger partial charge in [-0.3, -0.25) is 14.2 Å². The molecular formula is C15H10N2O2S. The summed E-state index contributed by atoms with van der Waals surface area (Å²) < 4.78 is 1.33. The monoisotopic (exact) mass is 282 g/mol. The lowest BCUT2D eigenvalue weighted by Gasteiger charge is -2.09. The molecule has 0 unspecified atom stereocenters. The van der Waals surface area contributed by atoms with Gasteiger partial charge in [0.1, 0.15) is 5.82 Å². The molecule has 3 rings (SSSR count). The first-order valence-corrected chi connectivity index (χ1v) is 6.92. The quantitative estimate of drug-likeness (QED) is 0.694. The van der Waals surface area contributed by atoms with Gasteiger partial charge >= 0.3 is 0 Å². The lowest BCUT2D eigenvalue weighted by atomic mass is 10.1. The van der Waals surface area contributed by atoms with Crippen LogP contribution in [-0.2, 0) is 0 Å². The summed E-state index contributed by atoms with van der Waals surface area (Å²) in [7, 11) is 0. The highest BCUT2D eigenvalue weighted by molar-refractivity contribution is 7.08. The van der Waals surface area contributed by atoms with E-state index < -0.39 is 0 Å². The Bertz CT molecular complexity index is 792. The molecule has 3 heterocycles. The van der Waals surface area contributed by atoms with Crippen molar-refractivity contribution in [2.45, 2.75) is 0 Å². The SMILES string of the molecule is O=C(c1ccsc1)c1cccc(=O)n1-c1ccccn1. The summed E-state index contributed by atoms with van der Waals surface area (Å²) in [4.78, 5) is 28.7. The molecule has 0 aromatic carbocycles. The smallest absolute Gasteiger partial charge is 0.256 e. The van der Waals surface area contributed by atoms with Crippen LogP contribution in [0.1, 0.15) is 16.1 Å². The normalized spacial score (nSPS) is 10.4. The summed E-state index contributed by atoms with van der Waals surface area (Å²) in [6.45, 7) is 0. The van der Waals surface area contributed by atoms with Crippen molar-refractivity contribution in [3.8, 4) is 5.82 Å². The zero-order valence-corrected chi connectivity index (χ0v) is 11.2. The molecule has 3 aromatic rings. The van der Waals surface area contributed by atoms with Gasteiger partial charge in [-0.15, -0.1) is 0 Å². The number of nitrogens with zero attached hydrogens (tertiary/aromatic N) is 2. The number of thiophene rings is 1. The Kier molecular flexibility index (Phi) is 3.26. The fourth-order valence-corrected chi connectivity index (χ4v) is 2.57. The first-order chi connectivity index (χ1) is 9.77. The average molecular weight is 282 g/mol. The van der Waals surface area contributed by atoms with Crippen molar-refractivity contribution in [2.24, 2.45) is 0 Å². The third kappa shape index (κ3) is 2.19. The highest BCUT2D eigenvalue weighted by Gasteiger charge is 2.16. The van der Waals surface area contributed by atoms with Gasteiger partial charge in [0.05, 0.1) is 5.69 Å². The molecule has 0 amide bonds. The summed E-state index contributed by atoms with van der Waals surface area (Å²) in [5.74, 6) is 0.256. The lowest BCUT2D eigenvalue weighted by Crippen LogP contribution is -2.24. The molecule has 0 spiro atoms. The van der Waals surface area contributed by atoms with Crippen molar-refractivity contribution in [3.63, 3.8) is 0 Å². The maximum atomic E-state index is 12.5. The topological polar surface area (TPSA) is 52.0 Å². The molecule has 20 heavy (non-hydrogen) atoms. The van der Waals surface area contributed by atoms with Crippen LogP contribution in [0, 0.1) is 0 Å². The summed E-state index contributed by atoms with van der Waals surface area (Å²) in [5.41, 5.74) is 0.615. The maximum Gasteiger partial charge on any atom is 0.256 e. The van der Waals surface area contributed by atoms with Crippen molar-refractivity contribution in [3.05, 3.63) is 81.0 Å². The van der Waals surface area contributed by atoms with Gasteiger partial charge in [-0.05, 0) is 29.6 Å². The standard InChI is InChI=1S/C15H10N2O2S/c18-14-6-3-4-12(15(19)11-7-9-20-10-11)17(14)13-5-1-2-8-16-13/h1-10H. The second-order valence-electron chi connectivity index (χ2n) is 4.11. The number of ketones is 1. The van der Waals surface area contributed by atoms with E-state index >= 15 is 0 Å². The second-order valence-corrected chi connectivity index (χ2v) is 4.89.